The number of hydrogen-bond acceptors (Lipinski definition) is 4. The lowest BCUT2D eigenvalue weighted by Gasteiger charge is -2.05. The van der Waals surface area contributed by atoms with Gasteiger partial charge in [0.25, 0.3) is 0 Å². The third-order valence-corrected chi connectivity index (χ3v) is 2.19. The molecule has 4 heteroatoms. The van der Waals surface area contributed by atoms with E-state index >= 15 is 0 Å². The van der Waals surface area contributed by atoms with Gasteiger partial charge in [0.2, 0.25) is 0 Å². The SMILES string of the molecule is CCOC(=O)c1cc(CC#N)cc(C(C)=O)c1. The number of nitriles is 1. The van der Waals surface area contributed by atoms with Crippen LogP contribution in [0.2, 0.25) is 0 Å². The van der Waals surface area contributed by atoms with Gasteiger partial charge in [0.15, 0.2) is 5.78 Å². The van der Waals surface area contributed by atoms with Crippen LogP contribution in [0.3, 0.4) is 0 Å². The van der Waals surface area contributed by atoms with Gasteiger partial charge in [-0.25, -0.2) is 4.79 Å². The first-order valence-corrected chi connectivity index (χ1v) is 5.27. The fourth-order valence-corrected chi connectivity index (χ4v) is 1.42. The average Bonchev–Trinajstić information content (AvgIpc) is 2.29. The molecule has 0 aliphatic rings. The zero-order valence-electron chi connectivity index (χ0n) is 9.82. The number of ketones is 1. The van der Waals surface area contributed by atoms with Crippen molar-refractivity contribution in [3.8, 4) is 6.07 Å². The van der Waals surface area contributed by atoms with E-state index in [1.165, 1.54) is 13.0 Å². The first-order chi connectivity index (χ1) is 8.08. The number of nitrogens with zero attached hydrogens (tertiary/aromatic N) is 1. The van der Waals surface area contributed by atoms with Crippen molar-refractivity contribution in [1.82, 2.24) is 0 Å². The molecule has 0 radical (unpaired) electrons. The lowest BCUT2D eigenvalue weighted by atomic mass is 10.0. The summed E-state index contributed by atoms with van der Waals surface area (Å²) in [4.78, 5) is 22.9. The zero-order valence-corrected chi connectivity index (χ0v) is 9.82. The van der Waals surface area contributed by atoms with Gasteiger partial charge < -0.3 is 4.74 Å². The van der Waals surface area contributed by atoms with Crippen molar-refractivity contribution in [2.75, 3.05) is 6.61 Å². The lowest BCUT2D eigenvalue weighted by molar-refractivity contribution is 0.0526. The van der Waals surface area contributed by atoms with E-state index in [2.05, 4.69) is 0 Å². The van der Waals surface area contributed by atoms with Gasteiger partial charge in [-0.05, 0) is 37.6 Å². The van der Waals surface area contributed by atoms with E-state index in [0.29, 0.717) is 16.7 Å². The van der Waals surface area contributed by atoms with Crippen LogP contribution in [0.5, 0.6) is 0 Å². The van der Waals surface area contributed by atoms with Crippen molar-refractivity contribution in [3.63, 3.8) is 0 Å². The minimum absolute atomic E-state index is 0.143. The van der Waals surface area contributed by atoms with E-state index in [-0.39, 0.29) is 18.8 Å². The molecule has 4 nitrogen and oxygen atoms in total. The molecule has 1 aromatic carbocycles. The third kappa shape index (κ3) is 3.42. The summed E-state index contributed by atoms with van der Waals surface area (Å²) >= 11 is 0. The largest absolute Gasteiger partial charge is 0.462 e. The quantitative estimate of drug-likeness (QED) is 0.588. The molecule has 0 unspecified atom stereocenters. The number of Topliss-reactive ketones (excluding diaryl/α,β-unsaturated/α-hetero) is 1. The average molecular weight is 231 g/mol. The van der Waals surface area contributed by atoms with Crippen LogP contribution in [0.25, 0.3) is 0 Å². The monoisotopic (exact) mass is 231 g/mol. The van der Waals surface area contributed by atoms with E-state index in [4.69, 9.17) is 10.00 Å². The molecule has 88 valence electrons. The molecule has 0 amide bonds. The van der Waals surface area contributed by atoms with E-state index in [0.717, 1.165) is 0 Å². The van der Waals surface area contributed by atoms with Crippen LogP contribution >= 0.6 is 0 Å². The van der Waals surface area contributed by atoms with Gasteiger partial charge in [-0.2, -0.15) is 5.26 Å². The minimum atomic E-state index is -0.477. The molecule has 0 fully saturated rings. The van der Waals surface area contributed by atoms with E-state index in [9.17, 15) is 9.59 Å². The minimum Gasteiger partial charge on any atom is -0.462 e. The molecule has 17 heavy (non-hydrogen) atoms. The summed E-state index contributed by atoms with van der Waals surface area (Å²) < 4.78 is 4.86. The van der Waals surface area contributed by atoms with Crippen molar-refractivity contribution in [3.05, 3.63) is 34.9 Å². The summed E-state index contributed by atoms with van der Waals surface area (Å²) in [5.41, 5.74) is 1.37. The van der Waals surface area contributed by atoms with Crippen molar-refractivity contribution in [2.24, 2.45) is 0 Å². The highest BCUT2D eigenvalue weighted by Crippen LogP contribution is 2.13. The van der Waals surface area contributed by atoms with Crippen LogP contribution in [0, 0.1) is 11.3 Å². The molecular formula is C13H13NO3. The molecular weight excluding hydrogens is 218 g/mol. The van der Waals surface area contributed by atoms with Crippen LogP contribution in [-0.2, 0) is 11.2 Å². The second-order valence-corrected chi connectivity index (χ2v) is 3.53. The van der Waals surface area contributed by atoms with Crippen molar-refractivity contribution < 1.29 is 14.3 Å². The molecule has 0 aliphatic carbocycles. The Balaban J connectivity index is 3.17. The van der Waals surface area contributed by atoms with Crippen LogP contribution in [0.1, 0.15) is 40.1 Å². The molecule has 0 atom stereocenters. The fraction of sp³-hybridized carbons (Fsp3) is 0.308. The normalized spacial score (nSPS) is 9.47. The molecule has 0 saturated carbocycles. The first-order valence-electron chi connectivity index (χ1n) is 5.27. The Labute approximate surface area is 99.8 Å². The standard InChI is InChI=1S/C13H13NO3/c1-3-17-13(16)12-7-10(4-5-14)6-11(8-12)9(2)15/h6-8H,3-4H2,1-2H3. The van der Waals surface area contributed by atoms with Crippen LogP contribution in [0.4, 0.5) is 0 Å². The Morgan fingerprint density at radius 1 is 1.29 bits per heavy atom. The summed E-state index contributed by atoms with van der Waals surface area (Å²) in [5, 5.41) is 8.63. The summed E-state index contributed by atoms with van der Waals surface area (Å²) in [6.07, 6.45) is 0.160. The second-order valence-electron chi connectivity index (χ2n) is 3.53. The van der Waals surface area contributed by atoms with E-state index < -0.39 is 5.97 Å². The predicted molar refractivity (Wildman–Crippen MR) is 61.7 cm³/mol. The lowest BCUT2D eigenvalue weighted by Crippen LogP contribution is -2.07. The molecule has 0 spiro atoms. The highest BCUT2D eigenvalue weighted by molar-refractivity contribution is 5.98. The predicted octanol–water partition coefficient (Wildman–Crippen LogP) is 2.13. The van der Waals surface area contributed by atoms with Gasteiger partial charge in [-0.3, -0.25) is 4.79 Å². The van der Waals surface area contributed by atoms with Gasteiger partial charge in [0.1, 0.15) is 0 Å². The molecule has 1 aromatic rings. The maximum atomic E-state index is 11.6. The topological polar surface area (TPSA) is 67.2 Å². The van der Waals surface area contributed by atoms with Crippen LogP contribution < -0.4 is 0 Å². The summed E-state index contributed by atoms with van der Waals surface area (Å²) in [5.74, 6) is -0.620. The second kappa shape index (κ2) is 5.80. The molecule has 0 aromatic heterocycles. The van der Waals surface area contributed by atoms with E-state index in [1.807, 2.05) is 6.07 Å². The summed E-state index contributed by atoms with van der Waals surface area (Å²) in [7, 11) is 0. The Hall–Kier alpha value is -2.15. The fourth-order valence-electron chi connectivity index (χ4n) is 1.42. The number of esters is 1. The van der Waals surface area contributed by atoms with E-state index in [1.54, 1.807) is 19.1 Å². The molecule has 0 saturated heterocycles. The van der Waals surface area contributed by atoms with Crippen molar-refractivity contribution >= 4 is 11.8 Å². The Bertz CT molecular complexity index is 486. The smallest absolute Gasteiger partial charge is 0.338 e. The van der Waals surface area contributed by atoms with Gasteiger partial charge >= 0.3 is 5.97 Å². The number of benzene rings is 1. The van der Waals surface area contributed by atoms with Crippen LogP contribution in [-0.4, -0.2) is 18.4 Å². The molecule has 1 rings (SSSR count). The molecule has 0 N–H and O–H groups in total. The van der Waals surface area contributed by atoms with Gasteiger partial charge in [0, 0.05) is 5.56 Å². The number of carbonyl (C=O) groups is 2. The van der Waals surface area contributed by atoms with Crippen LogP contribution in [0.15, 0.2) is 18.2 Å². The number of rotatable bonds is 4. The summed E-state index contributed by atoms with van der Waals surface area (Å²) in [6.45, 7) is 3.40. The zero-order chi connectivity index (χ0) is 12.8. The maximum Gasteiger partial charge on any atom is 0.338 e. The van der Waals surface area contributed by atoms with Gasteiger partial charge in [-0.1, -0.05) is 0 Å². The first kappa shape index (κ1) is 12.9. The molecule has 0 aliphatic heterocycles. The molecule has 0 bridgehead atoms. The number of ether oxygens (including phenoxy) is 1. The van der Waals surface area contributed by atoms with Gasteiger partial charge in [-0.15, -0.1) is 0 Å². The summed E-state index contributed by atoms with van der Waals surface area (Å²) in [6, 6.07) is 6.67. The van der Waals surface area contributed by atoms with Crippen molar-refractivity contribution in [1.29, 1.82) is 5.26 Å². The Kier molecular flexibility index (Phi) is 4.41. The Morgan fingerprint density at radius 3 is 2.47 bits per heavy atom. The van der Waals surface area contributed by atoms with Gasteiger partial charge in [0.05, 0.1) is 24.7 Å². The number of carbonyl (C=O) groups excluding carboxylic acids is 2. The van der Waals surface area contributed by atoms with Crippen molar-refractivity contribution in [2.45, 2.75) is 20.3 Å². The highest BCUT2D eigenvalue weighted by Gasteiger charge is 2.11. The number of hydrogen-bond donors (Lipinski definition) is 0. The maximum absolute atomic E-state index is 11.6. The molecule has 0 heterocycles. The Morgan fingerprint density at radius 2 is 1.94 bits per heavy atom. The third-order valence-electron chi connectivity index (χ3n) is 2.19. The highest BCUT2D eigenvalue weighted by atomic mass is 16.5.